The van der Waals surface area contributed by atoms with Gasteiger partial charge in [-0.15, -0.1) is 0 Å². The van der Waals surface area contributed by atoms with Crippen molar-refractivity contribution in [1.82, 2.24) is 4.90 Å². The van der Waals surface area contributed by atoms with E-state index in [4.69, 9.17) is 4.74 Å². The highest BCUT2D eigenvalue weighted by molar-refractivity contribution is 4.85. The Kier molecular flexibility index (Phi) is 5.67. The van der Waals surface area contributed by atoms with Crippen LogP contribution in [0.5, 0.6) is 0 Å². The summed E-state index contributed by atoms with van der Waals surface area (Å²) in [5.74, 6) is 1.30. The predicted molar refractivity (Wildman–Crippen MR) is 78.2 cm³/mol. The van der Waals surface area contributed by atoms with E-state index in [0.717, 1.165) is 38.5 Å². The highest BCUT2D eigenvalue weighted by atomic mass is 16.5. The fraction of sp³-hybridized carbons (Fsp3) is 1.00. The van der Waals surface area contributed by atoms with Gasteiger partial charge in [0.1, 0.15) is 0 Å². The molecule has 112 valence electrons. The number of hydrogen-bond donors (Lipinski definition) is 1. The first kappa shape index (κ1) is 15.3. The Hall–Kier alpha value is -0.120. The first-order chi connectivity index (χ1) is 9.13. The number of morpholine rings is 1. The van der Waals surface area contributed by atoms with Crippen LogP contribution in [0.2, 0.25) is 0 Å². The van der Waals surface area contributed by atoms with E-state index in [9.17, 15) is 5.11 Å². The van der Waals surface area contributed by atoms with Crippen LogP contribution >= 0.6 is 0 Å². The van der Waals surface area contributed by atoms with Crippen LogP contribution in [0.15, 0.2) is 0 Å². The monoisotopic (exact) mass is 269 g/mol. The third-order valence-electron chi connectivity index (χ3n) is 5.15. The SMILES string of the molecule is CCC1CCC(O)C(CN2CC(C)OCC2CC)C1. The number of nitrogens with zero attached hydrogens (tertiary/aromatic N) is 1. The Balaban J connectivity index is 1.93. The lowest BCUT2D eigenvalue weighted by Gasteiger charge is -2.42. The molecular weight excluding hydrogens is 238 g/mol. The van der Waals surface area contributed by atoms with Crippen LogP contribution < -0.4 is 0 Å². The van der Waals surface area contributed by atoms with Gasteiger partial charge in [-0.05, 0) is 44.4 Å². The minimum absolute atomic E-state index is 0.0848. The van der Waals surface area contributed by atoms with Crippen LogP contribution in [0.4, 0.5) is 0 Å². The highest BCUT2D eigenvalue weighted by Crippen LogP contribution is 2.32. The summed E-state index contributed by atoms with van der Waals surface area (Å²) in [6.07, 6.45) is 6.08. The standard InChI is InChI=1S/C16H31NO2/c1-4-13-6-7-16(18)14(8-13)10-17-9-12(3)19-11-15(17)5-2/h12-16,18H,4-11H2,1-3H3. The van der Waals surface area contributed by atoms with Gasteiger partial charge in [0.2, 0.25) is 0 Å². The van der Waals surface area contributed by atoms with Gasteiger partial charge in [-0.3, -0.25) is 4.90 Å². The molecule has 2 rings (SSSR count). The first-order valence-corrected chi connectivity index (χ1v) is 8.17. The van der Waals surface area contributed by atoms with Crippen molar-refractivity contribution in [3.63, 3.8) is 0 Å². The maximum atomic E-state index is 10.3. The molecule has 5 atom stereocenters. The van der Waals surface area contributed by atoms with Crippen molar-refractivity contribution in [3.8, 4) is 0 Å². The van der Waals surface area contributed by atoms with Crippen molar-refractivity contribution in [1.29, 1.82) is 0 Å². The average molecular weight is 269 g/mol. The first-order valence-electron chi connectivity index (χ1n) is 8.17. The van der Waals surface area contributed by atoms with Crippen molar-refractivity contribution in [2.24, 2.45) is 11.8 Å². The summed E-state index contributed by atoms with van der Waals surface area (Å²) >= 11 is 0. The molecule has 3 heteroatoms. The molecule has 5 unspecified atom stereocenters. The van der Waals surface area contributed by atoms with Crippen molar-refractivity contribution < 1.29 is 9.84 Å². The minimum atomic E-state index is -0.0848. The van der Waals surface area contributed by atoms with Crippen LogP contribution in [-0.4, -0.2) is 48.0 Å². The summed E-state index contributed by atoms with van der Waals surface area (Å²) in [7, 11) is 0. The molecular formula is C16H31NO2. The molecule has 1 aliphatic heterocycles. The fourth-order valence-electron chi connectivity index (χ4n) is 3.73. The topological polar surface area (TPSA) is 32.7 Å². The van der Waals surface area contributed by atoms with Gasteiger partial charge in [-0.1, -0.05) is 20.3 Å². The van der Waals surface area contributed by atoms with Crippen LogP contribution in [0, 0.1) is 11.8 Å². The Labute approximate surface area is 118 Å². The molecule has 0 aromatic carbocycles. The quantitative estimate of drug-likeness (QED) is 0.851. The molecule has 19 heavy (non-hydrogen) atoms. The summed E-state index contributed by atoms with van der Waals surface area (Å²) in [6, 6.07) is 0.547. The molecule has 0 radical (unpaired) electrons. The Morgan fingerprint density at radius 1 is 1.21 bits per heavy atom. The zero-order valence-electron chi connectivity index (χ0n) is 12.8. The summed E-state index contributed by atoms with van der Waals surface area (Å²) in [6.45, 7) is 9.62. The van der Waals surface area contributed by atoms with E-state index < -0.39 is 0 Å². The van der Waals surface area contributed by atoms with Gasteiger partial charge in [-0.25, -0.2) is 0 Å². The molecule has 1 aliphatic carbocycles. The van der Waals surface area contributed by atoms with Crippen LogP contribution in [0.1, 0.15) is 52.9 Å². The summed E-state index contributed by atoms with van der Waals surface area (Å²) in [5, 5.41) is 10.3. The lowest BCUT2D eigenvalue weighted by molar-refractivity contribution is -0.0734. The smallest absolute Gasteiger partial charge is 0.0674 e. The molecule has 0 amide bonds. The number of aliphatic hydroxyl groups excluding tert-OH is 1. The van der Waals surface area contributed by atoms with Crippen molar-refractivity contribution in [2.75, 3.05) is 19.7 Å². The Bertz CT molecular complexity index is 271. The third kappa shape index (κ3) is 3.93. The van der Waals surface area contributed by atoms with Gasteiger partial charge < -0.3 is 9.84 Å². The van der Waals surface area contributed by atoms with Gasteiger partial charge in [0, 0.05) is 19.1 Å². The minimum Gasteiger partial charge on any atom is -0.393 e. The van der Waals surface area contributed by atoms with E-state index in [-0.39, 0.29) is 6.10 Å². The Morgan fingerprint density at radius 2 is 2.00 bits per heavy atom. The third-order valence-corrected chi connectivity index (χ3v) is 5.15. The molecule has 3 nitrogen and oxygen atoms in total. The molecule has 0 spiro atoms. The largest absolute Gasteiger partial charge is 0.393 e. The number of rotatable bonds is 4. The van der Waals surface area contributed by atoms with E-state index in [1.54, 1.807) is 0 Å². The predicted octanol–water partition coefficient (Wildman–Crippen LogP) is 2.67. The Morgan fingerprint density at radius 3 is 2.68 bits per heavy atom. The van der Waals surface area contributed by atoms with Gasteiger partial charge in [0.15, 0.2) is 0 Å². The van der Waals surface area contributed by atoms with E-state index >= 15 is 0 Å². The van der Waals surface area contributed by atoms with Crippen LogP contribution in [0.3, 0.4) is 0 Å². The lowest BCUT2D eigenvalue weighted by Crippen LogP contribution is -2.51. The maximum absolute atomic E-state index is 10.3. The molecule has 2 aliphatic rings. The van der Waals surface area contributed by atoms with Crippen LogP contribution in [-0.2, 0) is 4.74 Å². The van der Waals surface area contributed by atoms with Crippen molar-refractivity contribution >= 4 is 0 Å². The molecule has 1 heterocycles. The van der Waals surface area contributed by atoms with E-state index in [1.165, 1.54) is 19.3 Å². The zero-order chi connectivity index (χ0) is 13.8. The van der Waals surface area contributed by atoms with Gasteiger partial charge in [0.05, 0.1) is 18.8 Å². The second-order valence-corrected chi connectivity index (χ2v) is 6.57. The number of hydrogen-bond acceptors (Lipinski definition) is 3. The second kappa shape index (κ2) is 7.05. The van der Waals surface area contributed by atoms with Crippen molar-refractivity contribution in [2.45, 2.75) is 71.1 Å². The molecule has 1 N–H and O–H groups in total. The van der Waals surface area contributed by atoms with Crippen LogP contribution in [0.25, 0.3) is 0 Å². The zero-order valence-corrected chi connectivity index (χ0v) is 12.8. The van der Waals surface area contributed by atoms with E-state index in [1.807, 2.05) is 0 Å². The number of aliphatic hydroxyl groups is 1. The summed E-state index contributed by atoms with van der Waals surface area (Å²) in [5.41, 5.74) is 0. The second-order valence-electron chi connectivity index (χ2n) is 6.57. The highest BCUT2D eigenvalue weighted by Gasteiger charge is 2.33. The maximum Gasteiger partial charge on any atom is 0.0674 e. The molecule has 2 fully saturated rings. The van der Waals surface area contributed by atoms with E-state index in [2.05, 4.69) is 25.7 Å². The van der Waals surface area contributed by atoms with Gasteiger partial charge in [0.25, 0.3) is 0 Å². The number of ether oxygens (including phenoxy) is 1. The van der Waals surface area contributed by atoms with Gasteiger partial charge in [-0.2, -0.15) is 0 Å². The average Bonchev–Trinajstić information content (AvgIpc) is 2.41. The fourth-order valence-corrected chi connectivity index (χ4v) is 3.73. The molecule has 1 saturated carbocycles. The molecule has 1 saturated heterocycles. The summed E-state index contributed by atoms with van der Waals surface area (Å²) in [4.78, 5) is 2.57. The molecule has 0 aromatic heterocycles. The molecule has 0 bridgehead atoms. The van der Waals surface area contributed by atoms with Crippen molar-refractivity contribution in [3.05, 3.63) is 0 Å². The molecule has 0 aromatic rings. The normalized spacial score (nSPS) is 41.4. The van der Waals surface area contributed by atoms with Gasteiger partial charge >= 0.3 is 0 Å². The van der Waals surface area contributed by atoms with E-state index in [0.29, 0.717) is 18.1 Å². The summed E-state index contributed by atoms with van der Waals surface area (Å²) < 4.78 is 5.77. The lowest BCUT2D eigenvalue weighted by atomic mass is 9.78.